The van der Waals surface area contributed by atoms with Crippen LogP contribution in [0.1, 0.15) is 12.5 Å². The second-order valence-corrected chi connectivity index (χ2v) is 6.19. The Bertz CT molecular complexity index is 596. The van der Waals surface area contributed by atoms with Crippen LogP contribution in [-0.4, -0.2) is 46.4 Å². The van der Waals surface area contributed by atoms with Gasteiger partial charge in [-0.1, -0.05) is 30.7 Å². The van der Waals surface area contributed by atoms with E-state index in [9.17, 15) is 0 Å². The largest absolute Gasteiger partial charge is 0.470 e. The predicted molar refractivity (Wildman–Crippen MR) is 90.0 cm³/mol. The molecule has 3 rings (SSSR count). The Morgan fingerprint density at radius 3 is 2.55 bits per heavy atom. The molecular formula is C15H19ClN4OS. The van der Waals surface area contributed by atoms with Crippen molar-refractivity contribution in [1.29, 1.82) is 0 Å². The topological polar surface area (TPSA) is 41.5 Å². The van der Waals surface area contributed by atoms with Gasteiger partial charge in [-0.25, -0.2) is 0 Å². The fraction of sp³-hybridized carbons (Fsp3) is 0.467. The quantitative estimate of drug-likeness (QED) is 0.838. The molecule has 0 unspecified atom stereocenters. The normalized spacial score (nSPS) is 16.0. The zero-order valence-corrected chi connectivity index (χ0v) is 14.1. The average Bonchev–Trinajstić information content (AvgIpc) is 3.03. The molecule has 5 nitrogen and oxygen atoms in total. The molecule has 2 aromatic rings. The van der Waals surface area contributed by atoms with Crippen molar-refractivity contribution in [2.45, 2.75) is 13.5 Å². The zero-order chi connectivity index (χ0) is 15.4. The number of ether oxygens (including phenoxy) is 1. The van der Waals surface area contributed by atoms with Gasteiger partial charge in [0, 0.05) is 31.2 Å². The summed E-state index contributed by atoms with van der Waals surface area (Å²) in [7, 11) is 0. The summed E-state index contributed by atoms with van der Waals surface area (Å²) in [4.78, 5) is 4.69. The van der Waals surface area contributed by atoms with Crippen molar-refractivity contribution in [2.75, 3.05) is 37.6 Å². The number of piperazine rings is 1. The standard InChI is InChI=1S/C15H19ClN4OS/c1-2-19-7-9-20(10-8-19)14-15(18-22-17-14)21-11-12-3-5-13(16)6-4-12/h3-6H,2,7-11H2,1H3. The smallest absolute Gasteiger partial charge is 0.271 e. The first-order chi connectivity index (χ1) is 10.8. The highest BCUT2D eigenvalue weighted by atomic mass is 35.5. The number of hydrogen-bond donors (Lipinski definition) is 0. The summed E-state index contributed by atoms with van der Waals surface area (Å²) in [5.41, 5.74) is 1.07. The van der Waals surface area contributed by atoms with Gasteiger partial charge < -0.3 is 14.5 Å². The molecule has 0 N–H and O–H groups in total. The molecule has 1 aromatic heterocycles. The van der Waals surface area contributed by atoms with Crippen LogP contribution in [0.3, 0.4) is 0 Å². The Hall–Kier alpha value is -1.37. The van der Waals surface area contributed by atoms with Gasteiger partial charge in [-0.15, -0.1) is 4.37 Å². The van der Waals surface area contributed by atoms with Crippen molar-refractivity contribution >= 4 is 29.1 Å². The third kappa shape index (κ3) is 3.69. The number of halogens is 1. The van der Waals surface area contributed by atoms with E-state index < -0.39 is 0 Å². The molecule has 0 amide bonds. The Morgan fingerprint density at radius 1 is 1.14 bits per heavy atom. The van der Waals surface area contributed by atoms with Gasteiger partial charge in [0.1, 0.15) is 6.61 Å². The molecule has 1 aliphatic rings. The van der Waals surface area contributed by atoms with Crippen LogP contribution in [0.5, 0.6) is 5.88 Å². The van der Waals surface area contributed by atoms with E-state index in [0.717, 1.165) is 49.1 Å². The van der Waals surface area contributed by atoms with Crippen molar-refractivity contribution in [3.05, 3.63) is 34.9 Å². The Labute approximate surface area is 139 Å². The molecule has 0 radical (unpaired) electrons. The number of anilines is 1. The molecule has 1 aliphatic heterocycles. The molecule has 0 bridgehead atoms. The minimum atomic E-state index is 0.477. The van der Waals surface area contributed by atoms with Crippen molar-refractivity contribution in [3.63, 3.8) is 0 Å². The molecule has 1 aromatic carbocycles. The lowest BCUT2D eigenvalue weighted by Gasteiger charge is -2.34. The van der Waals surface area contributed by atoms with Gasteiger partial charge in [-0.2, -0.15) is 4.37 Å². The van der Waals surface area contributed by atoms with Crippen molar-refractivity contribution in [2.24, 2.45) is 0 Å². The maximum absolute atomic E-state index is 5.89. The lowest BCUT2D eigenvalue weighted by molar-refractivity contribution is 0.266. The monoisotopic (exact) mass is 338 g/mol. The van der Waals surface area contributed by atoms with Crippen LogP contribution in [0.25, 0.3) is 0 Å². The summed E-state index contributed by atoms with van der Waals surface area (Å²) < 4.78 is 14.5. The molecule has 0 atom stereocenters. The third-order valence-electron chi connectivity index (χ3n) is 3.85. The summed E-state index contributed by atoms with van der Waals surface area (Å²) in [6.45, 7) is 7.83. The van der Waals surface area contributed by atoms with Crippen LogP contribution in [0.15, 0.2) is 24.3 Å². The van der Waals surface area contributed by atoms with E-state index in [0.29, 0.717) is 12.5 Å². The summed E-state index contributed by atoms with van der Waals surface area (Å²) >= 11 is 7.09. The van der Waals surface area contributed by atoms with Gasteiger partial charge in [-0.3, -0.25) is 0 Å². The first-order valence-electron chi connectivity index (χ1n) is 7.43. The molecular weight excluding hydrogens is 320 g/mol. The summed E-state index contributed by atoms with van der Waals surface area (Å²) in [6, 6.07) is 7.65. The summed E-state index contributed by atoms with van der Waals surface area (Å²) in [5.74, 6) is 1.50. The van der Waals surface area contributed by atoms with E-state index in [1.807, 2.05) is 24.3 Å². The van der Waals surface area contributed by atoms with Crippen molar-refractivity contribution in [3.8, 4) is 5.88 Å². The van der Waals surface area contributed by atoms with Crippen molar-refractivity contribution < 1.29 is 4.74 Å². The van der Waals surface area contributed by atoms with Gasteiger partial charge in [0.2, 0.25) is 5.82 Å². The van der Waals surface area contributed by atoms with E-state index in [-0.39, 0.29) is 0 Å². The highest BCUT2D eigenvalue weighted by Crippen LogP contribution is 2.27. The third-order valence-corrected chi connectivity index (χ3v) is 4.60. The minimum Gasteiger partial charge on any atom is -0.470 e. The van der Waals surface area contributed by atoms with Gasteiger partial charge in [-0.05, 0) is 24.2 Å². The molecule has 118 valence electrons. The van der Waals surface area contributed by atoms with Gasteiger partial charge in [0.25, 0.3) is 5.88 Å². The first-order valence-corrected chi connectivity index (χ1v) is 8.54. The highest BCUT2D eigenvalue weighted by molar-refractivity contribution is 6.99. The van der Waals surface area contributed by atoms with Crippen LogP contribution in [0.2, 0.25) is 5.02 Å². The maximum atomic E-state index is 5.89. The van der Waals surface area contributed by atoms with Crippen LogP contribution in [0, 0.1) is 0 Å². The molecule has 7 heteroatoms. The number of aromatic nitrogens is 2. The van der Waals surface area contributed by atoms with Crippen LogP contribution in [0.4, 0.5) is 5.82 Å². The van der Waals surface area contributed by atoms with E-state index in [2.05, 4.69) is 25.5 Å². The second-order valence-electron chi connectivity index (χ2n) is 5.23. The predicted octanol–water partition coefficient (Wildman–Crippen LogP) is 2.91. The number of rotatable bonds is 5. The van der Waals surface area contributed by atoms with Crippen LogP contribution < -0.4 is 9.64 Å². The van der Waals surface area contributed by atoms with Crippen LogP contribution >= 0.6 is 23.3 Å². The van der Waals surface area contributed by atoms with Gasteiger partial charge in [0.15, 0.2) is 0 Å². The zero-order valence-electron chi connectivity index (χ0n) is 12.5. The second kappa shape index (κ2) is 7.26. The lowest BCUT2D eigenvalue weighted by atomic mass is 10.2. The molecule has 22 heavy (non-hydrogen) atoms. The number of likely N-dealkylation sites (N-methyl/N-ethyl adjacent to an activating group) is 1. The molecule has 0 aliphatic carbocycles. The van der Waals surface area contributed by atoms with E-state index in [4.69, 9.17) is 16.3 Å². The summed E-state index contributed by atoms with van der Waals surface area (Å²) in [5, 5.41) is 0.730. The molecule has 1 saturated heterocycles. The Balaban J connectivity index is 1.61. The average molecular weight is 339 g/mol. The Kier molecular flexibility index (Phi) is 5.12. The van der Waals surface area contributed by atoms with E-state index >= 15 is 0 Å². The first kappa shape index (κ1) is 15.5. The SMILES string of the molecule is CCN1CCN(c2nsnc2OCc2ccc(Cl)cc2)CC1. The molecule has 1 fully saturated rings. The number of nitrogens with zero attached hydrogens (tertiary/aromatic N) is 4. The van der Waals surface area contributed by atoms with Gasteiger partial charge >= 0.3 is 0 Å². The number of benzene rings is 1. The maximum Gasteiger partial charge on any atom is 0.271 e. The summed E-state index contributed by atoms with van der Waals surface area (Å²) in [6.07, 6.45) is 0. The van der Waals surface area contributed by atoms with Crippen LogP contribution in [-0.2, 0) is 6.61 Å². The minimum absolute atomic E-state index is 0.477. The molecule has 0 spiro atoms. The van der Waals surface area contributed by atoms with Crippen molar-refractivity contribution in [1.82, 2.24) is 13.6 Å². The number of hydrogen-bond acceptors (Lipinski definition) is 6. The highest BCUT2D eigenvalue weighted by Gasteiger charge is 2.22. The van der Waals surface area contributed by atoms with E-state index in [1.54, 1.807) is 0 Å². The molecule has 0 saturated carbocycles. The van der Waals surface area contributed by atoms with Gasteiger partial charge in [0.05, 0.1) is 11.7 Å². The Morgan fingerprint density at radius 2 is 1.86 bits per heavy atom. The van der Waals surface area contributed by atoms with E-state index in [1.165, 1.54) is 11.7 Å². The molecule has 2 heterocycles. The fourth-order valence-electron chi connectivity index (χ4n) is 2.47. The fourth-order valence-corrected chi connectivity index (χ4v) is 3.11. The lowest BCUT2D eigenvalue weighted by Crippen LogP contribution is -2.46.